The van der Waals surface area contributed by atoms with Crippen LogP contribution < -0.4 is 15.5 Å². The molecule has 1 fully saturated rings. The summed E-state index contributed by atoms with van der Waals surface area (Å²) < 4.78 is 10.2. The maximum absolute atomic E-state index is 12.0. The summed E-state index contributed by atoms with van der Waals surface area (Å²) >= 11 is 1.21. The highest BCUT2D eigenvalue weighted by atomic mass is 32.2. The third-order valence-corrected chi connectivity index (χ3v) is 4.69. The monoisotopic (exact) mass is 391 g/mol. The van der Waals surface area contributed by atoms with E-state index in [1.54, 1.807) is 25.3 Å². The number of carbonyl (C=O) groups excluding carboxylic acids is 2. The van der Waals surface area contributed by atoms with Crippen molar-refractivity contribution in [2.24, 2.45) is 0 Å². The maximum Gasteiger partial charge on any atom is 0.235 e. The minimum atomic E-state index is -0.242. The normalized spacial score (nSPS) is 14.0. The van der Waals surface area contributed by atoms with Gasteiger partial charge in [0.05, 0.1) is 36.6 Å². The lowest BCUT2D eigenvalue weighted by atomic mass is 10.3. The van der Waals surface area contributed by atoms with E-state index in [1.807, 2.05) is 6.07 Å². The molecule has 3 heterocycles. The molecule has 2 amide bonds. The van der Waals surface area contributed by atoms with Crippen molar-refractivity contribution in [3.63, 3.8) is 0 Å². The molecule has 10 heteroatoms. The predicted octanol–water partition coefficient (Wildman–Crippen LogP) is 1.53. The molecule has 2 aromatic heterocycles. The van der Waals surface area contributed by atoms with Crippen molar-refractivity contribution in [2.45, 2.75) is 6.92 Å². The Labute approximate surface area is 160 Å². The molecule has 1 aliphatic heterocycles. The van der Waals surface area contributed by atoms with E-state index in [0.717, 1.165) is 18.8 Å². The van der Waals surface area contributed by atoms with Crippen molar-refractivity contribution in [1.82, 2.24) is 10.1 Å². The number of thioether (sulfide) groups is 1. The van der Waals surface area contributed by atoms with Gasteiger partial charge >= 0.3 is 0 Å². The van der Waals surface area contributed by atoms with Crippen molar-refractivity contribution in [3.8, 4) is 0 Å². The van der Waals surface area contributed by atoms with Crippen LogP contribution in [0.3, 0.4) is 0 Å². The molecule has 0 atom stereocenters. The Morgan fingerprint density at radius 3 is 2.44 bits per heavy atom. The van der Waals surface area contributed by atoms with Gasteiger partial charge in [0, 0.05) is 19.2 Å². The number of rotatable bonds is 7. The summed E-state index contributed by atoms with van der Waals surface area (Å²) in [7, 11) is 0. The number of aryl methyl sites for hydroxylation is 1. The van der Waals surface area contributed by atoms with E-state index < -0.39 is 0 Å². The number of amides is 2. The Morgan fingerprint density at radius 2 is 1.85 bits per heavy atom. The number of ether oxygens (including phenoxy) is 1. The van der Waals surface area contributed by atoms with Gasteiger partial charge in [0.2, 0.25) is 11.8 Å². The van der Waals surface area contributed by atoms with Crippen molar-refractivity contribution in [3.05, 3.63) is 30.2 Å². The molecule has 0 aliphatic carbocycles. The first-order valence-electron chi connectivity index (χ1n) is 8.49. The molecule has 0 radical (unpaired) electrons. The zero-order chi connectivity index (χ0) is 19.1. The average Bonchev–Trinajstić information content (AvgIpc) is 3.07. The lowest BCUT2D eigenvalue weighted by molar-refractivity contribution is -0.114. The van der Waals surface area contributed by atoms with Gasteiger partial charge in [-0.1, -0.05) is 5.16 Å². The minimum absolute atomic E-state index is 0.142. The molecule has 2 N–H and O–H groups in total. The number of aromatic nitrogens is 2. The first kappa shape index (κ1) is 19.2. The molecule has 0 spiro atoms. The van der Waals surface area contributed by atoms with E-state index in [1.165, 1.54) is 11.8 Å². The lowest BCUT2D eigenvalue weighted by Gasteiger charge is -2.28. The van der Waals surface area contributed by atoms with Crippen LogP contribution in [0, 0.1) is 6.92 Å². The number of nitrogens with zero attached hydrogens (tertiary/aromatic N) is 3. The summed E-state index contributed by atoms with van der Waals surface area (Å²) in [6.07, 6.45) is 1.74. The number of carbonyl (C=O) groups is 2. The van der Waals surface area contributed by atoms with E-state index >= 15 is 0 Å². The number of nitrogens with one attached hydrogen (secondary N) is 2. The summed E-state index contributed by atoms with van der Waals surface area (Å²) in [5, 5.41) is 9.01. The Balaban J connectivity index is 1.38. The number of morpholine rings is 1. The Bertz CT molecular complexity index is 774. The van der Waals surface area contributed by atoms with Crippen molar-refractivity contribution >= 4 is 40.9 Å². The molecule has 144 valence electrons. The lowest BCUT2D eigenvalue weighted by Crippen LogP contribution is -2.36. The smallest absolute Gasteiger partial charge is 0.235 e. The van der Waals surface area contributed by atoms with Gasteiger partial charge in [0.1, 0.15) is 11.6 Å². The molecule has 27 heavy (non-hydrogen) atoms. The van der Waals surface area contributed by atoms with Crippen molar-refractivity contribution in [1.29, 1.82) is 0 Å². The van der Waals surface area contributed by atoms with E-state index in [0.29, 0.717) is 30.6 Å². The van der Waals surface area contributed by atoms with Gasteiger partial charge in [-0.2, -0.15) is 0 Å². The first-order chi connectivity index (χ1) is 13.1. The van der Waals surface area contributed by atoms with Gasteiger partial charge in [0.15, 0.2) is 5.82 Å². The van der Waals surface area contributed by atoms with Crippen LogP contribution >= 0.6 is 11.8 Å². The Hall–Kier alpha value is -2.59. The highest BCUT2D eigenvalue weighted by molar-refractivity contribution is 8.00. The van der Waals surface area contributed by atoms with Crippen LogP contribution in [0.5, 0.6) is 0 Å². The summed E-state index contributed by atoms with van der Waals surface area (Å²) in [5.41, 5.74) is 1.01. The number of anilines is 3. The SMILES string of the molecule is Cc1cc(NC(=O)CSCC(=O)Nc2ccc(N3CCOCC3)cn2)no1. The molecule has 1 saturated heterocycles. The standard InChI is InChI=1S/C17H21N5O4S/c1-12-8-15(21-26-12)20-17(24)11-27-10-16(23)19-14-3-2-13(9-18-14)22-4-6-25-7-5-22/h2-3,8-9H,4-7,10-11H2,1H3,(H,18,19,23)(H,20,21,24). The molecular weight excluding hydrogens is 370 g/mol. The van der Waals surface area contributed by atoms with E-state index in [-0.39, 0.29) is 23.3 Å². The second kappa shape index (κ2) is 9.38. The van der Waals surface area contributed by atoms with Crippen LogP contribution in [0.15, 0.2) is 28.9 Å². The maximum atomic E-state index is 12.0. The molecule has 1 aliphatic rings. The van der Waals surface area contributed by atoms with E-state index in [9.17, 15) is 9.59 Å². The quantitative estimate of drug-likeness (QED) is 0.731. The van der Waals surface area contributed by atoms with Gasteiger partial charge in [-0.25, -0.2) is 4.98 Å². The zero-order valence-corrected chi connectivity index (χ0v) is 15.8. The summed E-state index contributed by atoms with van der Waals surface area (Å²) in [6.45, 7) is 4.82. The molecule has 3 rings (SSSR count). The van der Waals surface area contributed by atoms with Crippen LogP contribution in [0.4, 0.5) is 17.3 Å². The number of pyridine rings is 1. The van der Waals surface area contributed by atoms with Crippen molar-refractivity contribution < 1.29 is 18.8 Å². The first-order valence-corrected chi connectivity index (χ1v) is 9.65. The molecule has 0 aromatic carbocycles. The third kappa shape index (κ3) is 5.97. The third-order valence-electron chi connectivity index (χ3n) is 3.75. The van der Waals surface area contributed by atoms with Gasteiger partial charge < -0.3 is 24.8 Å². The van der Waals surface area contributed by atoms with Gasteiger partial charge in [0.25, 0.3) is 0 Å². The van der Waals surface area contributed by atoms with Crippen LogP contribution in [-0.4, -0.2) is 59.8 Å². The van der Waals surface area contributed by atoms with Crippen LogP contribution in [0.1, 0.15) is 5.76 Å². The van der Waals surface area contributed by atoms with E-state index in [4.69, 9.17) is 9.26 Å². The summed E-state index contributed by atoms with van der Waals surface area (Å²) in [6, 6.07) is 5.32. The molecule has 0 bridgehead atoms. The van der Waals surface area contributed by atoms with Gasteiger partial charge in [-0.15, -0.1) is 11.8 Å². The fourth-order valence-electron chi connectivity index (χ4n) is 2.49. The Morgan fingerprint density at radius 1 is 1.15 bits per heavy atom. The highest BCUT2D eigenvalue weighted by Crippen LogP contribution is 2.16. The Kier molecular flexibility index (Phi) is 6.66. The molecule has 0 unspecified atom stereocenters. The average molecular weight is 391 g/mol. The van der Waals surface area contributed by atoms with Crippen LogP contribution in [0.2, 0.25) is 0 Å². The topological polar surface area (TPSA) is 110 Å². The summed E-state index contributed by atoms with van der Waals surface area (Å²) in [5.74, 6) is 1.31. The van der Waals surface area contributed by atoms with Gasteiger partial charge in [-0.3, -0.25) is 9.59 Å². The van der Waals surface area contributed by atoms with Gasteiger partial charge in [-0.05, 0) is 19.1 Å². The second-order valence-electron chi connectivity index (χ2n) is 5.91. The molecular formula is C17H21N5O4S. The van der Waals surface area contributed by atoms with Crippen molar-refractivity contribution in [2.75, 3.05) is 53.3 Å². The van der Waals surface area contributed by atoms with Crippen LogP contribution in [-0.2, 0) is 14.3 Å². The molecule has 2 aromatic rings. The fraction of sp³-hybridized carbons (Fsp3) is 0.412. The number of hydrogen-bond donors (Lipinski definition) is 2. The van der Waals surface area contributed by atoms with E-state index in [2.05, 4.69) is 25.7 Å². The molecule has 0 saturated carbocycles. The largest absolute Gasteiger partial charge is 0.378 e. The highest BCUT2D eigenvalue weighted by Gasteiger charge is 2.12. The van der Waals surface area contributed by atoms with Crippen LogP contribution in [0.25, 0.3) is 0 Å². The predicted molar refractivity (Wildman–Crippen MR) is 103 cm³/mol. The minimum Gasteiger partial charge on any atom is -0.378 e. The second-order valence-corrected chi connectivity index (χ2v) is 6.90. The summed E-state index contributed by atoms with van der Waals surface area (Å²) in [4.78, 5) is 30.2. The zero-order valence-electron chi connectivity index (χ0n) is 14.9. The fourth-order valence-corrected chi connectivity index (χ4v) is 3.11. The number of hydrogen-bond acceptors (Lipinski definition) is 8. The molecule has 9 nitrogen and oxygen atoms in total.